The van der Waals surface area contributed by atoms with Gasteiger partial charge in [-0.2, -0.15) is 0 Å². The summed E-state index contributed by atoms with van der Waals surface area (Å²) in [6, 6.07) is 11.2. The Bertz CT molecular complexity index is 816. The van der Waals surface area contributed by atoms with Crippen molar-refractivity contribution in [2.75, 3.05) is 6.54 Å². The lowest BCUT2D eigenvalue weighted by molar-refractivity contribution is -0.140. The van der Waals surface area contributed by atoms with Crippen LogP contribution in [0.15, 0.2) is 60.4 Å². The Morgan fingerprint density at radius 2 is 1.92 bits per heavy atom. The smallest absolute Gasteiger partial charge is 0.295 e. The lowest BCUT2D eigenvalue weighted by Gasteiger charge is -2.26. The highest BCUT2D eigenvalue weighted by molar-refractivity contribution is 6.46. The van der Waals surface area contributed by atoms with Crippen LogP contribution >= 0.6 is 0 Å². The lowest BCUT2D eigenvalue weighted by atomic mass is 9.96. The number of carbonyl (C=O) groups is 2. The first-order chi connectivity index (χ1) is 12.0. The number of pyridine rings is 1. The van der Waals surface area contributed by atoms with Crippen LogP contribution in [-0.2, 0) is 9.59 Å². The van der Waals surface area contributed by atoms with E-state index in [2.05, 4.69) is 4.98 Å². The predicted molar refractivity (Wildman–Crippen MR) is 91.4 cm³/mol. The first-order valence-corrected chi connectivity index (χ1v) is 7.92. The molecule has 25 heavy (non-hydrogen) atoms. The molecule has 2 N–H and O–H groups in total. The predicted octanol–water partition coefficient (Wildman–Crippen LogP) is 1.88. The largest absolute Gasteiger partial charge is 0.507 e. The number of nitrogens with zero attached hydrogens (tertiary/aromatic N) is 2. The van der Waals surface area contributed by atoms with Crippen molar-refractivity contribution in [1.82, 2.24) is 9.88 Å². The monoisotopic (exact) mass is 338 g/mol. The molecule has 2 aromatic rings. The van der Waals surface area contributed by atoms with E-state index >= 15 is 0 Å². The number of rotatable bonds is 4. The molecule has 0 radical (unpaired) electrons. The third-order valence-corrected chi connectivity index (χ3v) is 4.05. The Morgan fingerprint density at radius 3 is 2.52 bits per heavy atom. The number of aliphatic hydroxyl groups is 2. The molecule has 3 rings (SSSR count). The minimum atomic E-state index is -0.811. The van der Waals surface area contributed by atoms with Crippen molar-refractivity contribution in [2.45, 2.75) is 19.1 Å². The molecule has 1 aromatic carbocycles. The van der Waals surface area contributed by atoms with Crippen LogP contribution in [0.25, 0.3) is 5.76 Å². The molecule has 1 aromatic heterocycles. The van der Waals surface area contributed by atoms with Crippen LogP contribution in [0.1, 0.15) is 24.1 Å². The average molecular weight is 338 g/mol. The van der Waals surface area contributed by atoms with Crippen LogP contribution in [0.4, 0.5) is 0 Å². The van der Waals surface area contributed by atoms with Gasteiger partial charge in [0.25, 0.3) is 11.7 Å². The second-order valence-corrected chi connectivity index (χ2v) is 5.95. The number of hydrogen-bond donors (Lipinski definition) is 2. The van der Waals surface area contributed by atoms with Crippen LogP contribution in [0.5, 0.6) is 0 Å². The summed E-state index contributed by atoms with van der Waals surface area (Å²) in [5, 5.41) is 20.4. The van der Waals surface area contributed by atoms with E-state index in [1.54, 1.807) is 54.9 Å². The minimum absolute atomic E-state index is 0.00449. The number of aliphatic hydroxyl groups excluding tert-OH is 2. The van der Waals surface area contributed by atoms with Crippen LogP contribution in [-0.4, -0.2) is 44.4 Å². The first-order valence-electron chi connectivity index (χ1n) is 7.92. The molecule has 1 amide bonds. The molecule has 6 nitrogen and oxygen atoms in total. The Morgan fingerprint density at radius 1 is 1.20 bits per heavy atom. The molecule has 128 valence electrons. The number of benzene rings is 1. The molecule has 6 heteroatoms. The van der Waals surface area contributed by atoms with Gasteiger partial charge in [-0.15, -0.1) is 0 Å². The van der Waals surface area contributed by atoms with Crippen LogP contribution in [0, 0.1) is 0 Å². The summed E-state index contributed by atoms with van der Waals surface area (Å²) >= 11 is 0. The van der Waals surface area contributed by atoms with E-state index in [4.69, 9.17) is 0 Å². The van der Waals surface area contributed by atoms with Gasteiger partial charge in [0, 0.05) is 24.5 Å². The zero-order chi connectivity index (χ0) is 18.0. The van der Waals surface area contributed by atoms with Gasteiger partial charge in [0.2, 0.25) is 0 Å². The fraction of sp³-hybridized carbons (Fsp3) is 0.211. The van der Waals surface area contributed by atoms with Gasteiger partial charge in [-0.1, -0.05) is 36.4 Å². The van der Waals surface area contributed by atoms with Gasteiger partial charge >= 0.3 is 0 Å². The van der Waals surface area contributed by atoms with E-state index in [0.29, 0.717) is 11.1 Å². The summed E-state index contributed by atoms with van der Waals surface area (Å²) in [6.07, 6.45) is 2.32. The highest BCUT2D eigenvalue weighted by atomic mass is 16.3. The molecule has 0 saturated carbocycles. The van der Waals surface area contributed by atoms with E-state index in [0.717, 1.165) is 0 Å². The molecule has 1 saturated heterocycles. The number of β-amino-alcohol motifs (C(OH)–C–C–N with tert-alkyl or cyclic N) is 1. The Kier molecular flexibility index (Phi) is 4.63. The number of aromatic nitrogens is 1. The Labute approximate surface area is 145 Å². The molecule has 1 aliphatic heterocycles. The topological polar surface area (TPSA) is 90.7 Å². The number of ketones is 1. The Balaban J connectivity index is 2.18. The highest BCUT2D eigenvalue weighted by Crippen LogP contribution is 2.38. The summed E-state index contributed by atoms with van der Waals surface area (Å²) < 4.78 is 0. The minimum Gasteiger partial charge on any atom is -0.507 e. The van der Waals surface area contributed by atoms with E-state index in [-0.39, 0.29) is 17.9 Å². The molecular weight excluding hydrogens is 320 g/mol. The number of hydrogen-bond acceptors (Lipinski definition) is 5. The number of Topliss-reactive ketones (excluding diaryl/α,β-unsaturated/α-hetero) is 1. The van der Waals surface area contributed by atoms with Crippen molar-refractivity contribution in [3.63, 3.8) is 0 Å². The summed E-state index contributed by atoms with van der Waals surface area (Å²) in [6.45, 7) is 1.52. The van der Waals surface area contributed by atoms with Crippen molar-refractivity contribution in [3.8, 4) is 0 Å². The first kappa shape index (κ1) is 16.9. The summed E-state index contributed by atoms with van der Waals surface area (Å²) in [7, 11) is 0. The average Bonchev–Trinajstić information content (AvgIpc) is 2.87. The molecule has 2 heterocycles. The molecule has 0 aliphatic carbocycles. The normalized spacial score (nSPS) is 20.7. The number of carbonyl (C=O) groups excluding carboxylic acids is 2. The van der Waals surface area contributed by atoms with Crippen molar-refractivity contribution >= 4 is 17.4 Å². The van der Waals surface area contributed by atoms with Crippen molar-refractivity contribution in [1.29, 1.82) is 0 Å². The van der Waals surface area contributed by atoms with Gasteiger partial charge in [0.1, 0.15) is 5.76 Å². The van der Waals surface area contributed by atoms with Gasteiger partial charge in [-0.25, -0.2) is 0 Å². The van der Waals surface area contributed by atoms with Gasteiger partial charge in [-0.3, -0.25) is 14.6 Å². The maximum absolute atomic E-state index is 12.6. The van der Waals surface area contributed by atoms with Crippen molar-refractivity contribution < 1.29 is 19.8 Å². The molecule has 2 atom stereocenters. The second kappa shape index (κ2) is 6.86. The van der Waals surface area contributed by atoms with Gasteiger partial charge in [0.05, 0.1) is 17.7 Å². The van der Waals surface area contributed by atoms with E-state index < -0.39 is 23.8 Å². The van der Waals surface area contributed by atoms with Crippen molar-refractivity contribution in [3.05, 3.63) is 71.6 Å². The van der Waals surface area contributed by atoms with E-state index in [1.165, 1.54) is 11.8 Å². The lowest BCUT2D eigenvalue weighted by Crippen LogP contribution is -2.35. The standard InChI is InChI=1S/C19H18N2O4/c1-12(22)11-21-16(14-8-5-9-20-10-14)15(18(24)19(21)25)17(23)13-6-3-2-4-7-13/h2-10,12,16,22-23H,11H2,1H3/b17-15-. The molecule has 0 bridgehead atoms. The van der Waals surface area contributed by atoms with Gasteiger partial charge in [0.15, 0.2) is 0 Å². The maximum Gasteiger partial charge on any atom is 0.295 e. The summed E-state index contributed by atoms with van der Waals surface area (Å²) in [5.41, 5.74) is 1.05. The van der Waals surface area contributed by atoms with E-state index in [1.807, 2.05) is 0 Å². The van der Waals surface area contributed by atoms with Crippen LogP contribution < -0.4 is 0 Å². The Hall–Kier alpha value is -2.99. The molecular formula is C19H18N2O4. The number of likely N-dealkylation sites (tertiary alicyclic amines) is 1. The van der Waals surface area contributed by atoms with Crippen molar-refractivity contribution in [2.24, 2.45) is 0 Å². The van der Waals surface area contributed by atoms with Crippen LogP contribution in [0.3, 0.4) is 0 Å². The van der Waals surface area contributed by atoms with Crippen LogP contribution in [0.2, 0.25) is 0 Å². The van der Waals surface area contributed by atoms with E-state index in [9.17, 15) is 19.8 Å². The molecule has 1 aliphatic rings. The quantitative estimate of drug-likeness (QED) is 0.505. The zero-order valence-electron chi connectivity index (χ0n) is 13.7. The zero-order valence-corrected chi connectivity index (χ0v) is 13.7. The third-order valence-electron chi connectivity index (χ3n) is 4.05. The summed E-state index contributed by atoms with van der Waals surface area (Å²) in [5.74, 6) is -1.75. The fourth-order valence-electron chi connectivity index (χ4n) is 2.99. The SMILES string of the molecule is CC(O)CN1C(=O)C(=O)/C(=C(\O)c2ccccc2)C1c1cccnc1. The van der Waals surface area contributed by atoms with Gasteiger partial charge in [-0.05, 0) is 18.6 Å². The fourth-order valence-corrected chi connectivity index (χ4v) is 2.99. The molecule has 1 fully saturated rings. The third kappa shape index (κ3) is 3.16. The summed E-state index contributed by atoms with van der Waals surface area (Å²) in [4.78, 5) is 30.4. The molecule has 2 unspecified atom stereocenters. The second-order valence-electron chi connectivity index (χ2n) is 5.95. The van der Waals surface area contributed by atoms with Gasteiger partial charge < -0.3 is 15.1 Å². The highest BCUT2D eigenvalue weighted by Gasteiger charge is 2.46. The maximum atomic E-state index is 12.6. The number of amides is 1. The molecule has 0 spiro atoms.